The Bertz CT molecular complexity index is 731. The first-order valence-electron chi connectivity index (χ1n) is 6.00. The van der Waals surface area contributed by atoms with Crippen molar-refractivity contribution in [2.75, 3.05) is 11.1 Å². The summed E-state index contributed by atoms with van der Waals surface area (Å²) in [5, 5.41) is 13.5. The van der Waals surface area contributed by atoms with E-state index in [0.29, 0.717) is 5.69 Å². The van der Waals surface area contributed by atoms with E-state index in [1.807, 2.05) is 19.1 Å². The smallest absolute Gasteiger partial charge is 0.271 e. The van der Waals surface area contributed by atoms with Crippen molar-refractivity contribution >= 4 is 34.6 Å². The zero-order valence-electron chi connectivity index (χ0n) is 11.1. The van der Waals surface area contributed by atoms with Crippen molar-refractivity contribution < 1.29 is 9.72 Å². The first-order chi connectivity index (χ1) is 9.90. The van der Waals surface area contributed by atoms with Crippen LogP contribution in [-0.2, 0) is 0 Å². The maximum absolute atomic E-state index is 12.2. The lowest BCUT2D eigenvalue weighted by Gasteiger charge is -2.10. The maximum atomic E-state index is 12.2. The standard InChI is InChI=1S/C14H12ClN3O3/c1-8-4-2-3-5-12(8)17-14(19)10-6-9(18(20)21)7-11(15)13(10)16/h2-7H,16H2,1H3,(H,17,19). The number of anilines is 2. The summed E-state index contributed by atoms with van der Waals surface area (Å²) in [4.78, 5) is 22.4. The molecule has 2 aromatic rings. The first kappa shape index (κ1) is 14.8. The molecule has 1 amide bonds. The lowest BCUT2D eigenvalue weighted by atomic mass is 10.1. The number of benzene rings is 2. The second-order valence-electron chi connectivity index (χ2n) is 4.41. The average Bonchev–Trinajstić information content (AvgIpc) is 2.43. The number of nitrogens with zero attached hydrogens (tertiary/aromatic N) is 1. The third kappa shape index (κ3) is 3.11. The molecule has 0 fully saturated rings. The second kappa shape index (κ2) is 5.80. The summed E-state index contributed by atoms with van der Waals surface area (Å²) in [6, 6.07) is 9.38. The van der Waals surface area contributed by atoms with Crippen molar-refractivity contribution in [3.63, 3.8) is 0 Å². The summed E-state index contributed by atoms with van der Waals surface area (Å²) in [6.45, 7) is 1.83. The number of nitrogens with two attached hydrogens (primary N) is 1. The van der Waals surface area contributed by atoms with E-state index in [1.165, 1.54) is 0 Å². The van der Waals surface area contributed by atoms with Crippen molar-refractivity contribution in [2.24, 2.45) is 0 Å². The number of carbonyl (C=O) groups excluding carboxylic acids is 1. The van der Waals surface area contributed by atoms with Gasteiger partial charge < -0.3 is 11.1 Å². The zero-order chi connectivity index (χ0) is 15.6. The highest BCUT2D eigenvalue weighted by Gasteiger charge is 2.19. The van der Waals surface area contributed by atoms with Crippen LogP contribution in [0.25, 0.3) is 0 Å². The van der Waals surface area contributed by atoms with Gasteiger partial charge in [0.15, 0.2) is 0 Å². The van der Waals surface area contributed by atoms with Crippen LogP contribution in [0, 0.1) is 17.0 Å². The SMILES string of the molecule is Cc1ccccc1NC(=O)c1cc([N+](=O)[O-])cc(Cl)c1N. The Hall–Kier alpha value is -2.60. The van der Waals surface area contributed by atoms with Crippen molar-refractivity contribution in [2.45, 2.75) is 6.92 Å². The second-order valence-corrected chi connectivity index (χ2v) is 4.82. The summed E-state index contributed by atoms with van der Waals surface area (Å²) in [5.41, 5.74) is 6.88. The molecule has 3 N–H and O–H groups in total. The van der Waals surface area contributed by atoms with E-state index < -0.39 is 10.8 Å². The molecule has 2 aromatic carbocycles. The number of nitrogen functional groups attached to an aromatic ring is 1. The lowest BCUT2D eigenvalue weighted by Crippen LogP contribution is -2.15. The number of aryl methyl sites for hydroxylation is 1. The molecule has 0 aliphatic carbocycles. The van der Waals surface area contributed by atoms with Gasteiger partial charge in [-0.05, 0) is 18.6 Å². The highest BCUT2D eigenvalue weighted by atomic mass is 35.5. The van der Waals surface area contributed by atoms with Gasteiger partial charge in [0.2, 0.25) is 0 Å². The number of rotatable bonds is 3. The number of amides is 1. The summed E-state index contributed by atoms with van der Waals surface area (Å²) in [5.74, 6) is -0.549. The summed E-state index contributed by atoms with van der Waals surface area (Å²) >= 11 is 5.83. The molecule has 0 radical (unpaired) electrons. The van der Waals surface area contributed by atoms with Gasteiger partial charge in [0.25, 0.3) is 11.6 Å². The molecule has 0 aliphatic heterocycles. The predicted molar refractivity (Wildman–Crippen MR) is 81.7 cm³/mol. The normalized spacial score (nSPS) is 10.2. The minimum atomic E-state index is -0.629. The van der Waals surface area contributed by atoms with Crippen LogP contribution in [0.15, 0.2) is 36.4 Å². The van der Waals surface area contributed by atoms with Crippen molar-refractivity contribution in [1.29, 1.82) is 0 Å². The van der Waals surface area contributed by atoms with Gasteiger partial charge >= 0.3 is 0 Å². The van der Waals surface area contributed by atoms with Crippen LogP contribution in [-0.4, -0.2) is 10.8 Å². The highest BCUT2D eigenvalue weighted by Crippen LogP contribution is 2.29. The molecular formula is C14H12ClN3O3. The third-order valence-corrected chi connectivity index (χ3v) is 3.28. The molecule has 0 unspecified atom stereocenters. The Labute approximate surface area is 125 Å². The number of nitrogens with one attached hydrogen (secondary N) is 1. The Morgan fingerprint density at radius 1 is 1.33 bits per heavy atom. The van der Waals surface area contributed by atoms with E-state index >= 15 is 0 Å². The number of non-ortho nitro benzene ring substituents is 1. The molecule has 0 aliphatic rings. The van der Waals surface area contributed by atoms with E-state index in [9.17, 15) is 14.9 Å². The largest absolute Gasteiger partial charge is 0.397 e. The van der Waals surface area contributed by atoms with Crippen LogP contribution in [0.5, 0.6) is 0 Å². The fraction of sp³-hybridized carbons (Fsp3) is 0.0714. The molecular weight excluding hydrogens is 294 g/mol. The van der Waals surface area contributed by atoms with E-state index in [1.54, 1.807) is 12.1 Å². The van der Waals surface area contributed by atoms with Gasteiger partial charge in [-0.3, -0.25) is 14.9 Å². The van der Waals surface area contributed by atoms with Gasteiger partial charge in [0.1, 0.15) is 0 Å². The fourth-order valence-corrected chi connectivity index (χ4v) is 2.01. The van der Waals surface area contributed by atoms with Gasteiger partial charge in [0.05, 0.1) is 21.2 Å². The van der Waals surface area contributed by atoms with E-state index in [2.05, 4.69) is 5.32 Å². The topological polar surface area (TPSA) is 98.3 Å². The van der Waals surface area contributed by atoms with E-state index in [4.69, 9.17) is 17.3 Å². The van der Waals surface area contributed by atoms with Crippen molar-refractivity contribution in [1.82, 2.24) is 0 Å². The average molecular weight is 306 g/mol. The highest BCUT2D eigenvalue weighted by molar-refractivity contribution is 6.34. The molecule has 6 nitrogen and oxygen atoms in total. The van der Waals surface area contributed by atoms with Gasteiger partial charge in [-0.1, -0.05) is 29.8 Å². The molecule has 2 rings (SSSR count). The van der Waals surface area contributed by atoms with E-state index in [0.717, 1.165) is 17.7 Å². The van der Waals surface area contributed by atoms with Crippen LogP contribution in [0.1, 0.15) is 15.9 Å². The molecule has 0 atom stereocenters. The van der Waals surface area contributed by atoms with Gasteiger partial charge in [-0.15, -0.1) is 0 Å². The van der Waals surface area contributed by atoms with E-state index in [-0.39, 0.29) is 22.0 Å². The Morgan fingerprint density at radius 2 is 2.00 bits per heavy atom. The molecule has 0 saturated heterocycles. The monoisotopic (exact) mass is 305 g/mol. The molecule has 21 heavy (non-hydrogen) atoms. The number of halogens is 1. The predicted octanol–water partition coefficient (Wildman–Crippen LogP) is 3.39. The molecule has 7 heteroatoms. The summed E-state index contributed by atoms with van der Waals surface area (Å²) in [6.07, 6.45) is 0. The van der Waals surface area contributed by atoms with Crippen molar-refractivity contribution in [3.05, 3.63) is 62.7 Å². The van der Waals surface area contributed by atoms with Gasteiger partial charge in [-0.2, -0.15) is 0 Å². The molecule has 0 spiro atoms. The number of nitro benzene ring substituents is 1. The minimum Gasteiger partial charge on any atom is -0.397 e. The van der Waals surface area contributed by atoms with Crippen LogP contribution in [0.4, 0.5) is 17.1 Å². The number of hydrogen-bond donors (Lipinski definition) is 2. The first-order valence-corrected chi connectivity index (χ1v) is 6.38. The van der Waals surface area contributed by atoms with Crippen LogP contribution >= 0.6 is 11.6 Å². The number of nitro groups is 1. The van der Waals surface area contributed by atoms with Crippen LogP contribution < -0.4 is 11.1 Å². The molecule has 108 valence electrons. The number of para-hydroxylation sites is 1. The fourth-order valence-electron chi connectivity index (χ4n) is 1.80. The number of carbonyl (C=O) groups is 1. The van der Waals surface area contributed by atoms with Gasteiger partial charge in [0, 0.05) is 17.8 Å². The zero-order valence-corrected chi connectivity index (χ0v) is 11.8. The molecule has 0 saturated carbocycles. The van der Waals surface area contributed by atoms with Crippen LogP contribution in [0.2, 0.25) is 5.02 Å². The Morgan fingerprint density at radius 3 is 2.62 bits per heavy atom. The quantitative estimate of drug-likeness (QED) is 0.516. The third-order valence-electron chi connectivity index (χ3n) is 2.96. The Kier molecular flexibility index (Phi) is 4.09. The summed E-state index contributed by atoms with van der Waals surface area (Å²) in [7, 11) is 0. The maximum Gasteiger partial charge on any atom is 0.271 e. The Balaban J connectivity index is 2.39. The number of hydrogen-bond acceptors (Lipinski definition) is 4. The molecule has 0 bridgehead atoms. The van der Waals surface area contributed by atoms with Gasteiger partial charge in [-0.25, -0.2) is 0 Å². The molecule has 0 aromatic heterocycles. The van der Waals surface area contributed by atoms with Crippen molar-refractivity contribution in [3.8, 4) is 0 Å². The lowest BCUT2D eigenvalue weighted by molar-refractivity contribution is -0.384. The minimum absolute atomic E-state index is 0.00773. The molecule has 0 heterocycles. The van der Waals surface area contributed by atoms with Crippen LogP contribution in [0.3, 0.4) is 0 Å². The summed E-state index contributed by atoms with van der Waals surface area (Å²) < 4.78 is 0.